The molecule has 0 spiro atoms. The van der Waals surface area contributed by atoms with Crippen LogP contribution in [0.1, 0.15) is 41.2 Å². The second-order valence-electron chi connectivity index (χ2n) is 8.37. The van der Waals surface area contributed by atoms with Crippen LogP contribution in [0.15, 0.2) is 47.4 Å². The zero-order valence-corrected chi connectivity index (χ0v) is 21.8. The van der Waals surface area contributed by atoms with Gasteiger partial charge in [-0.2, -0.15) is 5.10 Å². The number of fused-ring (bicyclic) bond motifs is 1. The Labute approximate surface area is 207 Å². The van der Waals surface area contributed by atoms with E-state index in [1.807, 2.05) is 67.9 Å². The monoisotopic (exact) mass is 498 g/mol. The molecule has 4 rings (SSSR count). The van der Waals surface area contributed by atoms with E-state index in [1.54, 1.807) is 16.7 Å². The first-order valence-corrected chi connectivity index (χ1v) is 12.9. The van der Waals surface area contributed by atoms with Crippen LogP contribution in [0.3, 0.4) is 0 Å². The molecule has 4 aromatic rings. The Balaban J connectivity index is 1.71. The first kappa shape index (κ1) is 23.8. The van der Waals surface area contributed by atoms with Crippen LogP contribution in [0.25, 0.3) is 10.2 Å². The SMILES string of the molecule is Cc1cc(C)n(CCN(C(=O)c2cccc(SC(C)C)c2)c2nc3c(C)cc(Cl)cc3s2)n1. The molecule has 0 saturated carbocycles. The van der Waals surface area contributed by atoms with Gasteiger partial charge in [-0.3, -0.25) is 14.4 Å². The highest BCUT2D eigenvalue weighted by Gasteiger charge is 2.23. The van der Waals surface area contributed by atoms with Crippen molar-refractivity contribution in [2.24, 2.45) is 0 Å². The molecule has 0 atom stereocenters. The molecular weight excluding hydrogens is 472 g/mol. The standard InChI is InChI=1S/C25H27ClN4OS2/c1-15(2)32-21-8-6-7-19(13-21)24(31)29(9-10-30-18(5)12-17(4)28-30)25-27-23-16(3)11-20(26)14-22(23)33-25/h6-8,11-15H,9-10H2,1-5H3. The number of thiazole rings is 1. The molecule has 8 heteroatoms. The van der Waals surface area contributed by atoms with Crippen LogP contribution in [0.2, 0.25) is 5.02 Å². The molecular formula is C25H27ClN4OS2. The van der Waals surface area contributed by atoms with Gasteiger partial charge in [-0.15, -0.1) is 11.8 Å². The lowest BCUT2D eigenvalue weighted by molar-refractivity contribution is 0.0985. The molecule has 0 N–H and O–H groups in total. The number of nitrogens with zero attached hydrogens (tertiary/aromatic N) is 4. The number of hydrogen-bond acceptors (Lipinski definition) is 5. The topological polar surface area (TPSA) is 51.0 Å². The number of carbonyl (C=O) groups is 1. The summed E-state index contributed by atoms with van der Waals surface area (Å²) in [6.07, 6.45) is 0. The van der Waals surface area contributed by atoms with Gasteiger partial charge >= 0.3 is 0 Å². The quantitative estimate of drug-likeness (QED) is 0.259. The molecule has 0 unspecified atom stereocenters. The lowest BCUT2D eigenvalue weighted by Gasteiger charge is -2.21. The zero-order valence-electron chi connectivity index (χ0n) is 19.4. The third-order valence-corrected chi connectivity index (χ3v) is 7.45. The minimum atomic E-state index is -0.0643. The van der Waals surface area contributed by atoms with E-state index in [2.05, 4.69) is 18.9 Å². The summed E-state index contributed by atoms with van der Waals surface area (Å²) < 4.78 is 2.92. The van der Waals surface area contributed by atoms with Crippen LogP contribution in [-0.2, 0) is 6.54 Å². The molecule has 0 aliphatic carbocycles. The van der Waals surface area contributed by atoms with Gasteiger partial charge in [-0.05, 0) is 62.7 Å². The van der Waals surface area contributed by atoms with E-state index in [-0.39, 0.29) is 5.91 Å². The number of anilines is 1. The van der Waals surface area contributed by atoms with Crippen LogP contribution in [0.5, 0.6) is 0 Å². The Morgan fingerprint density at radius 1 is 1.18 bits per heavy atom. The van der Waals surface area contributed by atoms with E-state index >= 15 is 0 Å². The maximum Gasteiger partial charge on any atom is 0.260 e. The molecule has 33 heavy (non-hydrogen) atoms. The predicted molar refractivity (Wildman–Crippen MR) is 140 cm³/mol. The van der Waals surface area contributed by atoms with Gasteiger partial charge in [0, 0.05) is 33.0 Å². The van der Waals surface area contributed by atoms with Crippen molar-refractivity contribution in [2.45, 2.75) is 51.3 Å². The van der Waals surface area contributed by atoms with Gasteiger partial charge in [0.25, 0.3) is 5.91 Å². The maximum absolute atomic E-state index is 13.8. The van der Waals surface area contributed by atoms with Gasteiger partial charge in [0.1, 0.15) is 0 Å². The first-order chi connectivity index (χ1) is 15.7. The highest BCUT2D eigenvalue weighted by Crippen LogP contribution is 2.34. The van der Waals surface area contributed by atoms with Gasteiger partial charge in [-0.1, -0.05) is 42.9 Å². The summed E-state index contributed by atoms with van der Waals surface area (Å²) in [5.74, 6) is -0.0643. The van der Waals surface area contributed by atoms with Crippen LogP contribution in [-0.4, -0.2) is 32.5 Å². The number of rotatable bonds is 7. The van der Waals surface area contributed by atoms with Gasteiger partial charge < -0.3 is 0 Å². The van der Waals surface area contributed by atoms with E-state index in [4.69, 9.17) is 16.6 Å². The number of carbonyl (C=O) groups excluding carboxylic acids is 1. The molecule has 5 nitrogen and oxygen atoms in total. The molecule has 2 aromatic carbocycles. The summed E-state index contributed by atoms with van der Waals surface area (Å²) in [5, 5.41) is 6.35. The Morgan fingerprint density at radius 3 is 2.67 bits per heavy atom. The lowest BCUT2D eigenvalue weighted by atomic mass is 10.2. The number of hydrogen-bond donors (Lipinski definition) is 0. The van der Waals surface area contributed by atoms with E-state index in [9.17, 15) is 4.79 Å². The van der Waals surface area contributed by atoms with Gasteiger partial charge in [-0.25, -0.2) is 4.98 Å². The number of aryl methyl sites for hydroxylation is 3. The minimum absolute atomic E-state index is 0.0643. The third kappa shape index (κ3) is 5.42. The van der Waals surface area contributed by atoms with E-state index in [0.717, 1.165) is 32.1 Å². The number of thioether (sulfide) groups is 1. The Kier molecular flexibility index (Phi) is 7.12. The molecule has 0 aliphatic heterocycles. The summed E-state index contributed by atoms with van der Waals surface area (Å²) in [4.78, 5) is 21.4. The fourth-order valence-electron chi connectivity index (χ4n) is 3.77. The van der Waals surface area contributed by atoms with Crippen LogP contribution >= 0.6 is 34.7 Å². The van der Waals surface area contributed by atoms with Crippen molar-refractivity contribution in [1.82, 2.24) is 14.8 Å². The number of aromatic nitrogens is 3. The third-order valence-electron chi connectivity index (χ3n) is 5.21. The van der Waals surface area contributed by atoms with Crippen LogP contribution in [0, 0.1) is 20.8 Å². The average molecular weight is 499 g/mol. The van der Waals surface area contributed by atoms with Crippen molar-refractivity contribution in [3.05, 3.63) is 70.0 Å². The Morgan fingerprint density at radius 2 is 1.97 bits per heavy atom. The summed E-state index contributed by atoms with van der Waals surface area (Å²) in [5.41, 5.74) is 4.58. The summed E-state index contributed by atoms with van der Waals surface area (Å²) in [6.45, 7) is 11.3. The van der Waals surface area contributed by atoms with Crippen molar-refractivity contribution in [3.63, 3.8) is 0 Å². The predicted octanol–water partition coefficient (Wildman–Crippen LogP) is 6.92. The molecule has 172 valence electrons. The van der Waals surface area contributed by atoms with Crippen molar-refractivity contribution < 1.29 is 4.79 Å². The molecule has 0 radical (unpaired) electrons. The normalized spacial score (nSPS) is 11.5. The van der Waals surface area contributed by atoms with Crippen LogP contribution < -0.4 is 4.90 Å². The summed E-state index contributed by atoms with van der Waals surface area (Å²) in [7, 11) is 0. The fraction of sp³-hybridized carbons (Fsp3) is 0.320. The van der Waals surface area contributed by atoms with Gasteiger partial charge in [0.2, 0.25) is 0 Å². The molecule has 0 aliphatic rings. The maximum atomic E-state index is 13.8. The van der Waals surface area contributed by atoms with Gasteiger partial charge in [0.15, 0.2) is 5.13 Å². The fourth-order valence-corrected chi connectivity index (χ4v) is 6.11. The van der Waals surface area contributed by atoms with Crippen molar-refractivity contribution in [1.29, 1.82) is 0 Å². The van der Waals surface area contributed by atoms with Crippen molar-refractivity contribution in [3.8, 4) is 0 Å². The second-order valence-corrected chi connectivity index (χ2v) is 11.5. The Hall–Kier alpha value is -2.35. The Bertz CT molecular complexity index is 1310. The molecule has 0 bridgehead atoms. The molecule has 0 fully saturated rings. The lowest BCUT2D eigenvalue weighted by Crippen LogP contribution is -2.34. The largest absolute Gasteiger partial charge is 0.282 e. The number of halogens is 1. The van der Waals surface area contributed by atoms with Crippen molar-refractivity contribution >= 4 is 56.0 Å². The summed E-state index contributed by atoms with van der Waals surface area (Å²) in [6, 6.07) is 13.7. The molecule has 1 amide bonds. The van der Waals surface area contributed by atoms with E-state index in [1.165, 1.54) is 11.3 Å². The minimum Gasteiger partial charge on any atom is -0.282 e. The van der Waals surface area contributed by atoms with Crippen molar-refractivity contribution in [2.75, 3.05) is 11.4 Å². The van der Waals surface area contributed by atoms with Gasteiger partial charge in [0.05, 0.1) is 22.5 Å². The average Bonchev–Trinajstić information content (AvgIpc) is 3.30. The second kappa shape index (κ2) is 9.87. The zero-order chi connectivity index (χ0) is 23.7. The number of amides is 1. The number of benzene rings is 2. The molecule has 0 saturated heterocycles. The molecule has 2 heterocycles. The highest BCUT2D eigenvalue weighted by atomic mass is 35.5. The highest BCUT2D eigenvalue weighted by molar-refractivity contribution is 7.99. The smallest absolute Gasteiger partial charge is 0.260 e. The summed E-state index contributed by atoms with van der Waals surface area (Å²) >= 11 is 9.51. The van der Waals surface area contributed by atoms with Crippen LogP contribution in [0.4, 0.5) is 5.13 Å². The van der Waals surface area contributed by atoms with E-state index in [0.29, 0.717) is 34.1 Å². The first-order valence-electron chi connectivity index (χ1n) is 10.9. The van der Waals surface area contributed by atoms with E-state index < -0.39 is 0 Å². The molecule has 2 aromatic heterocycles.